The zero-order valence-electron chi connectivity index (χ0n) is 12.9. The molecular weight excluding hydrogens is 293 g/mol. The van der Waals surface area contributed by atoms with Gasteiger partial charge in [-0.3, -0.25) is 4.79 Å². The minimum Gasteiger partial charge on any atom is -0.391 e. The van der Waals surface area contributed by atoms with Crippen LogP contribution in [0.5, 0.6) is 0 Å². The minimum absolute atomic E-state index is 0.0258. The Balaban J connectivity index is 1.61. The SMILES string of the molecule is O=C(Cc1ccc(F)cc1)N1CC[C@@H](c2ccccc2)[C@H](O)C1. The zero-order chi connectivity index (χ0) is 16.2. The number of piperidine rings is 1. The van der Waals surface area contributed by atoms with E-state index in [-0.39, 0.29) is 24.1 Å². The van der Waals surface area contributed by atoms with Crippen LogP contribution in [0.25, 0.3) is 0 Å². The summed E-state index contributed by atoms with van der Waals surface area (Å²) in [7, 11) is 0. The highest BCUT2D eigenvalue weighted by Crippen LogP contribution is 2.28. The number of likely N-dealkylation sites (tertiary alicyclic amines) is 1. The van der Waals surface area contributed by atoms with E-state index >= 15 is 0 Å². The number of carbonyl (C=O) groups excluding carboxylic acids is 1. The first-order valence-electron chi connectivity index (χ1n) is 7.89. The van der Waals surface area contributed by atoms with Gasteiger partial charge in [0.25, 0.3) is 0 Å². The van der Waals surface area contributed by atoms with Gasteiger partial charge < -0.3 is 10.0 Å². The Bertz CT molecular complexity index is 657. The molecule has 2 aromatic carbocycles. The van der Waals surface area contributed by atoms with Gasteiger partial charge in [-0.1, -0.05) is 42.5 Å². The quantitative estimate of drug-likeness (QED) is 0.946. The summed E-state index contributed by atoms with van der Waals surface area (Å²) in [4.78, 5) is 14.1. The van der Waals surface area contributed by atoms with Crippen molar-refractivity contribution in [3.8, 4) is 0 Å². The molecule has 0 radical (unpaired) electrons. The summed E-state index contributed by atoms with van der Waals surface area (Å²) in [5.74, 6) is -0.256. The highest BCUT2D eigenvalue weighted by molar-refractivity contribution is 5.79. The largest absolute Gasteiger partial charge is 0.391 e. The Morgan fingerprint density at radius 2 is 1.83 bits per heavy atom. The fourth-order valence-electron chi connectivity index (χ4n) is 3.14. The van der Waals surface area contributed by atoms with Crippen LogP contribution in [0.15, 0.2) is 54.6 Å². The second kappa shape index (κ2) is 6.92. The topological polar surface area (TPSA) is 40.5 Å². The zero-order valence-corrected chi connectivity index (χ0v) is 12.9. The van der Waals surface area contributed by atoms with Gasteiger partial charge in [0.1, 0.15) is 5.82 Å². The van der Waals surface area contributed by atoms with E-state index < -0.39 is 6.10 Å². The van der Waals surface area contributed by atoms with E-state index in [9.17, 15) is 14.3 Å². The van der Waals surface area contributed by atoms with E-state index in [1.807, 2.05) is 30.3 Å². The van der Waals surface area contributed by atoms with E-state index in [2.05, 4.69) is 0 Å². The average Bonchev–Trinajstić information content (AvgIpc) is 2.57. The molecule has 2 atom stereocenters. The van der Waals surface area contributed by atoms with Gasteiger partial charge in [-0.2, -0.15) is 0 Å². The average molecular weight is 313 g/mol. The molecule has 120 valence electrons. The van der Waals surface area contributed by atoms with E-state index in [4.69, 9.17) is 0 Å². The lowest BCUT2D eigenvalue weighted by Gasteiger charge is -2.36. The van der Waals surface area contributed by atoms with E-state index in [1.165, 1.54) is 12.1 Å². The van der Waals surface area contributed by atoms with Gasteiger partial charge in [0.15, 0.2) is 0 Å². The Labute approximate surface area is 135 Å². The predicted molar refractivity (Wildman–Crippen MR) is 86.5 cm³/mol. The third-order valence-electron chi connectivity index (χ3n) is 4.43. The number of hydrogen-bond acceptors (Lipinski definition) is 2. The molecule has 0 aromatic heterocycles. The number of halogens is 1. The van der Waals surface area contributed by atoms with Crippen molar-refractivity contribution < 1.29 is 14.3 Å². The predicted octanol–water partition coefficient (Wildman–Crippen LogP) is 2.75. The standard InChI is InChI=1S/C19H20FNO2/c20-16-8-6-14(7-9-16)12-19(23)21-11-10-17(18(22)13-21)15-4-2-1-3-5-15/h1-9,17-18,22H,10-13H2/t17-,18+/m0/s1. The molecule has 1 amide bonds. The number of carbonyl (C=O) groups is 1. The molecule has 3 nitrogen and oxygen atoms in total. The van der Waals surface area contributed by atoms with Crippen molar-refractivity contribution in [3.05, 3.63) is 71.5 Å². The van der Waals surface area contributed by atoms with Crippen LogP contribution in [0.4, 0.5) is 4.39 Å². The van der Waals surface area contributed by atoms with Crippen LogP contribution >= 0.6 is 0 Å². The van der Waals surface area contributed by atoms with Crippen LogP contribution in [0.2, 0.25) is 0 Å². The van der Waals surface area contributed by atoms with E-state index in [0.29, 0.717) is 13.1 Å². The molecule has 1 heterocycles. The van der Waals surface area contributed by atoms with Gasteiger partial charge in [-0.25, -0.2) is 4.39 Å². The van der Waals surface area contributed by atoms with Crippen molar-refractivity contribution in [1.82, 2.24) is 4.90 Å². The molecule has 23 heavy (non-hydrogen) atoms. The molecule has 1 fully saturated rings. The number of benzene rings is 2. The molecular formula is C19H20FNO2. The molecule has 0 saturated carbocycles. The first-order chi connectivity index (χ1) is 11.1. The monoisotopic (exact) mass is 313 g/mol. The lowest BCUT2D eigenvalue weighted by atomic mass is 9.87. The maximum absolute atomic E-state index is 12.9. The highest BCUT2D eigenvalue weighted by Gasteiger charge is 2.30. The summed E-state index contributed by atoms with van der Waals surface area (Å²) in [5.41, 5.74) is 1.90. The van der Waals surface area contributed by atoms with Crippen LogP contribution < -0.4 is 0 Å². The molecule has 2 aromatic rings. The van der Waals surface area contributed by atoms with E-state index in [1.54, 1.807) is 17.0 Å². The van der Waals surface area contributed by atoms with Crippen molar-refractivity contribution in [1.29, 1.82) is 0 Å². The number of amides is 1. The van der Waals surface area contributed by atoms with Crippen molar-refractivity contribution >= 4 is 5.91 Å². The highest BCUT2D eigenvalue weighted by atomic mass is 19.1. The lowest BCUT2D eigenvalue weighted by molar-refractivity contribution is -0.134. The van der Waals surface area contributed by atoms with Crippen LogP contribution in [0.1, 0.15) is 23.5 Å². The number of β-amino-alcohol motifs (C(OH)–C–C–N with tert-alkyl or cyclic N) is 1. The first-order valence-corrected chi connectivity index (χ1v) is 7.89. The van der Waals surface area contributed by atoms with Crippen LogP contribution in [-0.4, -0.2) is 35.1 Å². The van der Waals surface area contributed by atoms with Crippen molar-refractivity contribution in [2.24, 2.45) is 0 Å². The number of aliphatic hydroxyl groups excluding tert-OH is 1. The molecule has 1 saturated heterocycles. The van der Waals surface area contributed by atoms with Crippen molar-refractivity contribution in [3.63, 3.8) is 0 Å². The second-order valence-electron chi connectivity index (χ2n) is 6.02. The van der Waals surface area contributed by atoms with E-state index in [0.717, 1.165) is 17.5 Å². The van der Waals surface area contributed by atoms with Gasteiger partial charge in [-0.15, -0.1) is 0 Å². The summed E-state index contributed by atoms with van der Waals surface area (Å²) >= 11 is 0. The number of hydrogen-bond donors (Lipinski definition) is 1. The fraction of sp³-hybridized carbons (Fsp3) is 0.316. The molecule has 0 unspecified atom stereocenters. The number of nitrogens with zero attached hydrogens (tertiary/aromatic N) is 1. The molecule has 0 aliphatic carbocycles. The minimum atomic E-state index is -0.552. The Morgan fingerprint density at radius 3 is 2.48 bits per heavy atom. The maximum Gasteiger partial charge on any atom is 0.227 e. The summed E-state index contributed by atoms with van der Waals surface area (Å²) in [6, 6.07) is 15.9. The third kappa shape index (κ3) is 3.77. The molecule has 0 bridgehead atoms. The van der Waals surface area contributed by atoms with Crippen LogP contribution in [0, 0.1) is 5.82 Å². The number of aliphatic hydroxyl groups is 1. The summed E-state index contributed by atoms with van der Waals surface area (Å²) in [6.07, 6.45) is 0.437. The van der Waals surface area contributed by atoms with Gasteiger partial charge in [-0.05, 0) is 29.7 Å². The maximum atomic E-state index is 12.9. The molecule has 0 spiro atoms. The Morgan fingerprint density at radius 1 is 1.13 bits per heavy atom. The third-order valence-corrected chi connectivity index (χ3v) is 4.43. The van der Waals surface area contributed by atoms with Gasteiger partial charge in [0.2, 0.25) is 5.91 Å². The molecule has 1 aliphatic rings. The molecule has 1 N–H and O–H groups in total. The van der Waals surface area contributed by atoms with Crippen molar-refractivity contribution in [2.75, 3.05) is 13.1 Å². The summed E-state index contributed by atoms with van der Waals surface area (Å²) < 4.78 is 12.9. The smallest absolute Gasteiger partial charge is 0.227 e. The normalized spacial score (nSPS) is 21.2. The Kier molecular flexibility index (Phi) is 4.72. The first kappa shape index (κ1) is 15.7. The molecule has 4 heteroatoms. The number of rotatable bonds is 3. The van der Waals surface area contributed by atoms with Crippen molar-refractivity contribution in [2.45, 2.75) is 24.9 Å². The lowest BCUT2D eigenvalue weighted by Crippen LogP contribution is -2.46. The fourth-order valence-corrected chi connectivity index (χ4v) is 3.14. The second-order valence-corrected chi connectivity index (χ2v) is 6.02. The van der Waals surface area contributed by atoms with Crippen LogP contribution in [-0.2, 0) is 11.2 Å². The summed E-state index contributed by atoms with van der Waals surface area (Å²) in [5, 5.41) is 10.4. The molecule has 1 aliphatic heterocycles. The summed E-state index contributed by atoms with van der Waals surface area (Å²) in [6.45, 7) is 0.982. The van der Waals surface area contributed by atoms with Gasteiger partial charge in [0.05, 0.1) is 12.5 Å². The Hall–Kier alpha value is -2.20. The van der Waals surface area contributed by atoms with Gasteiger partial charge >= 0.3 is 0 Å². The molecule has 3 rings (SSSR count). The van der Waals surface area contributed by atoms with Crippen LogP contribution in [0.3, 0.4) is 0 Å². The van der Waals surface area contributed by atoms with Gasteiger partial charge in [0, 0.05) is 19.0 Å².